The minimum Gasteiger partial charge on any atom is -0.362 e. The van der Waals surface area contributed by atoms with Crippen molar-refractivity contribution in [3.05, 3.63) is 60.4 Å². The zero-order valence-corrected chi connectivity index (χ0v) is 19.5. The molecule has 8 heteroatoms. The molecule has 2 heterocycles. The van der Waals surface area contributed by atoms with Gasteiger partial charge in [0.15, 0.2) is 0 Å². The first-order chi connectivity index (χ1) is 16.6. The van der Waals surface area contributed by atoms with Gasteiger partial charge in [0.05, 0.1) is 22.7 Å². The first-order valence-corrected chi connectivity index (χ1v) is 11.8. The summed E-state index contributed by atoms with van der Waals surface area (Å²) in [6, 6.07) is 16.0. The van der Waals surface area contributed by atoms with Crippen LogP contribution in [-0.2, 0) is 0 Å². The third kappa shape index (κ3) is 4.76. The lowest BCUT2D eigenvalue weighted by molar-refractivity contribution is 0.0938. The van der Waals surface area contributed by atoms with E-state index in [0.717, 1.165) is 53.4 Å². The Morgan fingerprint density at radius 1 is 0.912 bits per heavy atom. The van der Waals surface area contributed by atoms with Gasteiger partial charge in [-0.1, -0.05) is 24.3 Å². The molecule has 34 heavy (non-hydrogen) atoms. The monoisotopic (exact) mass is 455 g/mol. The van der Waals surface area contributed by atoms with E-state index in [1.54, 1.807) is 6.20 Å². The van der Waals surface area contributed by atoms with E-state index in [1.807, 2.05) is 61.5 Å². The van der Waals surface area contributed by atoms with Gasteiger partial charge in [-0.2, -0.15) is 4.98 Å². The zero-order valence-electron chi connectivity index (χ0n) is 19.5. The van der Waals surface area contributed by atoms with Crippen molar-refractivity contribution in [2.45, 2.75) is 31.7 Å². The smallest absolute Gasteiger partial charge is 0.271 e. The molecule has 0 spiro atoms. The maximum atomic E-state index is 12.6. The standard InChI is InChI=1S/C26H29N7O/c1-33(2)24-19-7-3-4-8-20(19)31-26(32-24)29-18-13-11-17(12-14-18)15-28-25(34)23-16-27-21-9-5-6-10-22(21)30-23/h3-10,16-18H,11-15H2,1-2H3,(H,28,34)(H,29,31,32). The van der Waals surface area contributed by atoms with Crippen LogP contribution in [-0.4, -0.2) is 52.5 Å². The van der Waals surface area contributed by atoms with Gasteiger partial charge in [0.1, 0.15) is 11.5 Å². The molecule has 174 valence electrons. The molecule has 0 unspecified atom stereocenters. The number of hydrogen-bond acceptors (Lipinski definition) is 7. The summed E-state index contributed by atoms with van der Waals surface area (Å²) in [5.74, 6) is 1.87. The first-order valence-electron chi connectivity index (χ1n) is 11.8. The third-order valence-corrected chi connectivity index (χ3v) is 6.42. The predicted molar refractivity (Wildman–Crippen MR) is 135 cm³/mol. The van der Waals surface area contributed by atoms with Crippen molar-refractivity contribution in [1.82, 2.24) is 25.3 Å². The Morgan fingerprint density at radius 3 is 2.38 bits per heavy atom. The van der Waals surface area contributed by atoms with Crippen LogP contribution in [0.1, 0.15) is 36.2 Å². The Kier molecular flexibility index (Phi) is 6.20. The highest BCUT2D eigenvalue weighted by Gasteiger charge is 2.23. The summed E-state index contributed by atoms with van der Waals surface area (Å²) >= 11 is 0. The molecule has 0 aliphatic heterocycles. The molecular weight excluding hydrogens is 426 g/mol. The van der Waals surface area contributed by atoms with Gasteiger partial charge in [0.25, 0.3) is 5.91 Å². The molecule has 5 rings (SSSR count). The van der Waals surface area contributed by atoms with Gasteiger partial charge in [0, 0.05) is 32.1 Å². The summed E-state index contributed by atoms with van der Waals surface area (Å²) in [4.78, 5) is 32.9. The number of carbonyl (C=O) groups is 1. The SMILES string of the molecule is CN(C)c1nc(NC2CCC(CNC(=O)c3cnc4ccccc4n3)CC2)nc2ccccc12. The van der Waals surface area contributed by atoms with Crippen LogP contribution >= 0.6 is 0 Å². The minimum atomic E-state index is -0.167. The Balaban J connectivity index is 1.15. The molecule has 1 aliphatic rings. The summed E-state index contributed by atoms with van der Waals surface area (Å²) in [5, 5.41) is 7.64. The Hall–Kier alpha value is -3.81. The Labute approximate surface area is 198 Å². The van der Waals surface area contributed by atoms with Gasteiger partial charge in [0.2, 0.25) is 5.95 Å². The van der Waals surface area contributed by atoms with Gasteiger partial charge in [-0.05, 0) is 55.9 Å². The molecule has 2 N–H and O–H groups in total. The number of fused-ring (bicyclic) bond motifs is 2. The average molecular weight is 456 g/mol. The lowest BCUT2D eigenvalue weighted by atomic mass is 9.86. The normalized spacial score (nSPS) is 18.1. The van der Waals surface area contributed by atoms with E-state index in [9.17, 15) is 4.79 Å². The molecule has 2 aromatic heterocycles. The number of nitrogens with zero attached hydrogens (tertiary/aromatic N) is 5. The molecule has 1 aliphatic carbocycles. The quantitative estimate of drug-likeness (QED) is 0.453. The van der Waals surface area contributed by atoms with Crippen molar-refractivity contribution < 1.29 is 4.79 Å². The summed E-state index contributed by atoms with van der Waals surface area (Å²) < 4.78 is 0. The molecule has 1 saturated carbocycles. The molecule has 1 amide bonds. The number of rotatable bonds is 6. The fourth-order valence-electron chi connectivity index (χ4n) is 4.55. The summed E-state index contributed by atoms with van der Waals surface area (Å²) in [6.07, 6.45) is 5.66. The zero-order chi connectivity index (χ0) is 23.5. The summed E-state index contributed by atoms with van der Waals surface area (Å²) in [7, 11) is 4.00. The fraction of sp³-hybridized carbons (Fsp3) is 0.346. The van der Waals surface area contributed by atoms with Crippen molar-refractivity contribution in [3.63, 3.8) is 0 Å². The van der Waals surface area contributed by atoms with Crippen LogP contribution in [0.5, 0.6) is 0 Å². The van der Waals surface area contributed by atoms with E-state index in [1.165, 1.54) is 0 Å². The second-order valence-corrected chi connectivity index (χ2v) is 9.10. The summed E-state index contributed by atoms with van der Waals surface area (Å²) in [6.45, 7) is 0.650. The van der Waals surface area contributed by atoms with Crippen LogP contribution in [0.25, 0.3) is 21.9 Å². The number of benzene rings is 2. The first kappa shape index (κ1) is 22.0. The van der Waals surface area contributed by atoms with Crippen LogP contribution in [0.15, 0.2) is 54.7 Å². The van der Waals surface area contributed by atoms with Crippen LogP contribution in [0.2, 0.25) is 0 Å². The number of carbonyl (C=O) groups excluding carboxylic acids is 1. The number of anilines is 2. The van der Waals surface area contributed by atoms with E-state index in [0.29, 0.717) is 30.1 Å². The summed E-state index contributed by atoms with van der Waals surface area (Å²) in [5.41, 5.74) is 2.82. The van der Waals surface area contributed by atoms with E-state index in [2.05, 4.69) is 26.7 Å². The molecule has 0 radical (unpaired) electrons. The highest BCUT2D eigenvalue weighted by atomic mass is 16.1. The second-order valence-electron chi connectivity index (χ2n) is 9.10. The molecule has 0 saturated heterocycles. The number of hydrogen-bond donors (Lipinski definition) is 2. The van der Waals surface area contributed by atoms with Crippen LogP contribution in [0.3, 0.4) is 0 Å². The van der Waals surface area contributed by atoms with Crippen molar-refractivity contribution in [2.75, 3.05) is 30.9 Å². The number of para-hydroxylation sites is 3. The second kappa shape index (κ2) is 9.59. The molecular formula is C26H29N7O. The highest BCUT2D eigenvalue weighted by molar-refractivity contribution is 5.93. The topological polar surface area (TPSA) is 95.9 Å². The van der Waals surface area contributed by atoms with E-state index in [4.69, 9.17) is 9.97 Å². The molecule has 1 fully saturated rings. The minimum absolute atomic E-state index is 0.167. The Bertz CT molecular complexity index is 1320. The Morgan fingerprint density at radius 2 is 1.62 bits per heavy atom. The molecule has 0 bridgehead atoms. The van der Waals surface area contributed by atoms with Gasteiger partial charge in [-0.3, -0.25) is 9.78 Å². The lowest BCUT2D eigenvalue weighted by Crippen LogP contribution is -2.34. The maximum absolute atomic E-state index is 12.6. The molecule has 0 atom stereocenters. The largest absolute Gasteiger partial charge is 0.362 e. The molecule has 8 nitrogen and oxygen atoms in total. The van der Waals surface area contributed by atoms with Gasteiger partial charge < -0.3 is 15.5 Å². The number of aromatic nitrogens is 4. The fourth-order valence-corrected chi connectivity index (χ4v) is 4.55. The number of amides is 1. The number of nitrogens with one attached hydrogen (secondary N) is 2. The van der Waals surface area contributed by atoms with Crippen molar-refractivity contribution in [2.24, 2.45) is 5.92 Å². The van der Waals surface area contributed by atoms with Gasteiger partial charge >= 0.3 is 0 Å². The predicted octanol–water partition coefficient (Wildman–Crippen LogP) is 4.04. The molecule has 4 aromatic rings. The van der Waals surface area contributed by atoms with Gasteiger partial charge in [-0.25, -0.2) is 9.97 Å². The van der Waals surface area contributed by atoms with Gasteiger partial charge in [-0.15, -0.1) is 0 Å². The van der Waals surface area contributed by atoms with Crippen molar-refractivity contribution in [3.8, 4) is 0 Å². The highest BCUT2D eigenvalue weighted by Crippen LogP contribution is 2.28. The van der Waals surface area contributed by atoms with Crippen LogP contribution in [0, 0.1) is 5.92 Å². The molecule has 2 aromatic carbocycles. The van der Waals surface area contributed by atoms with Crippen molar-refractivity contribution >= 4 is 39.6 Å². The van der Waals surface area contributed by atoms with E-state index in [-0.39, 0.29) is 5.91 Å². The lowest BCUT2D eigenvalue weighted by Gasteiger charge is -2.29. The van der Waals surface area contributed by atoms with E-state index < -0.39 is 0 Å². The average Bonchev–Trinajstić information content (AvgIpc) is 2.87. The van der Waals surface area contributed by atoms with E-state index >= 15 is 0 Å². The van der Waals surface area contributed by atoms with Crippen LogP contribution in [0.4, 0.5) is 11.8 Å². The van der Waals surface area contributed by atoms with Crippen molar-refractivity contribution in [1.29, 1.82) is 0 Å². The third-order valence-electron chi connectivity index (χ3n) is 6.42. The maximum Gasteiger partial charge on any atom is 0.271 e. The van der Waals surface area contributed by atoms with Crippen LogP contribution < -0.4 is 15.5 Å².